The maximum atomic E-state index is 4.24. The second kappa shape index (κ2) is 10.8. The van der Waals surface area contributed by atoms with Crippen LogP contribution in [0.15, 0.2) is 29.3 Å². The molecule has 0 atom stereocenters. The molecule has 0 fully saturated rings. The van der Waals surface area contributed by atoms with Crippen molar-refractivity contribution in [3.05, 3.63) is 35.4 Å². The normalized spacial score (nSPS) is 11.5. The van der Waals surface area contributed by atoms with Gasteiger partial charge in [0.25, 0.3) is 0 Å². The van der Waals surface area contributed by atoms with Gasteiger partial charge in [0.05, 0.1) is 0 Å². The third kappa shape index (κ3) is 8.26. The molecule has 0 radical (unpaired) electrons. The fourth-order valence-electron chi connectivity index (χ4n) is 1.84. The summed E-state index contributed by atoms with van der Waals surface area (Å²) in [4.78, 5) is 6.55. The van der Waals surface area contributed by atoms with Crippen LogP contribution in [-0.2, 0) is 6.54 Å². The average molecular weight is 404 g/mol. The molecule has 1 rings (SSSR count). The zero-order valence-corrected chi connectivity index (χ0v) is 16.1. The van der Waals surface area contributed by atoms with Gasteiger partial charge in [-0.15, -0.1) is 24.0 Å². The minimum atomic E-state index is 0. The van der Waals surface area contributed by atoms with Gasteiger partial charge in [-0.05, 0) is 33.4 Å². The average Bonchev–Trinajstić information content (AvgIpc) is 2.42. The van der Waals surface area contributed by atoms with Crippen LogP contribution in [0.1, 0.15) is 25.0 Å². The van der Waals surface area contributed by atoms with Gasteiger partial charge >= 0.3 is 0 Å². The van der Waals surface area contributed by atoms with Crippen molar-refractivity contribution < 1.29 is 0 Å². The number of nitrogens with zero attached hydrogens (tertiary/aromatic N) is 2. The van der Waals surface area contributed by atoms with Crippen LogP contribution in [0.2, 0.25) is 0 Å². The van der Waals surface area contributed by atoms with Gasteiger partial charge < -0.3 is 15.5 Å². The second-order valence-corrected chi connectivity index (χ2v) is 5.42. The molecule has 21 heavy (non-hydrogen) atoms. The Morgan fingerprint density at radius 1 is 1.29 bits per heavy atom. The summed E-state index contributed by atoms with van der Waals surface area (Å²) in [5.74, 6) is 0.851. The molecule has 1 aromatic rings. The third-order valence-corrected chi connectivity index (χ3v) is 3.40. The monoisotopic (exact) mass is 404 g/mol. The Labute approximate surface area is 146 Å². The van der Waals surface area contributed by atoms with E-state index in [-0.39, 0.29) is 24.0 Å². The van der Waals surface area contributed by atoms with Crippen LogP contribution in [-0.4, -0.2) is 44.1 Å². The number of rotatable bonds is 6. The topological polar surface area (TPSA) is 39.7 Å². The Balaban J connectivity index is 0.00000400. The number of aliphatic imine (C=N–C) groups is 1. The van der Waals surface area contributed by atoms with E-state index in [0.29, 0.717) is 6.04 Å². The number of nitrogens with one attached hydrogen (secondary N) is 2. The molecule has 0 saturated heterocycles. The number of guanidine groups is 1. The molecule has 120 valence electrons. The van der Waals surface area contributed by atoms with Gasteiger partial charge in [-0.2, -0.15) is 0 Å². The zero-order chi connectivity index (χ0) is 15.0. The SMILES string of the molecule is CN=C(NCCN(C)C(C)C)NCc1cccc(C)c1.I. The second-order valence-electron chi connectivity index (χ2n) is 5.42. The number of hydrogen-bond donors (Lipinski definition) is 2. The standard InChI is InChI=1S/C16H28N4.HI/c1-13(2)20(5)10-9-18-16(17-4)19-12-15-8-6-7-14(3)11-15;/h6-8,11,13H,9-10,12H2,1-5H3,(H2,17,18,19);1H. The molecule has 0 aliphatic heterocycles. The molecule has 0 aromatic heterocycles. The lowest BCUT2D eigenvalue weighted by Crippen LogP contribution is -2.41. The van der Waals surface area contributed by atoms with Crippen LogP contribution in [0.5, 0.6) is 0 Å². The summed E-state index contributed by atoms with van der Waals surface area (Å²) in [6, 6.07) is 9.07. The summed E-state index contributed by atoms with van der Waals surface area (Å²) >= 11 is 0. The highest BCUT2D eigenvalue weighted by atomic mass is 127. The first-order chi connectivity index (χ1) is 9.52. The van der Waals surface area contributed by atoms with Crippen molar-refractivity contribution >= 4 is 29.9 Å². The number of hydrogen-bond acceptors (Lipinski definition) is 2. The summed E-state index contributed by atoms with van der Waals surface area (Å²) in [5.41, 5.74) is 2.55. The van der Waals surface area contributed by atoms with Crippen molar-refractivity contribution in [3.8, 4) is 0 Å². The van der Waals surface area contributed by atoms with Crippen LogP contribution in [0.4, 0.5) is 0 Å². The van der Waals surface area contributed by atoms with Crippen molar-refractivity contribution in [2.24, 2.45) is 4.99 Å². The first kappa shape index (κ1) is 20.2. The quantitative estimate of drug-likeness (QED) is 0.435. The summed E-state index contributed by atoms with van der Waals surface area (Å²) in [7, 11) is 3.94. The lowest BCUT2D eigenvalue weighted by molar-refractivity contribution is 0.278. The lowest BCUT2D eigenvalue weighted by Gasteiger charge is -2.21. The fraction of sp³-hybridized carbons (Fsp3) is 0.562. The van der Waals surface area contributed by atoms with E-state index in [1.807, 2.05) is 0 Å². The fourth-order valence-corrected chi connectivity index (χ4v) is 1.84. The van der Waals surface area contributed by atoms with E-state index in [1.54, 1.807) is 7.05 Å². The zero-order valence-electron chi connectivity index (χ0n) is 13.8. The molecule has 0 heterocycles. The molecule has 5 heteroatoms. The summed E-state index contributed by atoms with van der Waals surface area (Å²) in [6.07, 6.45) is 0. The van der Waals surface area contributed by atoms with Crippen molar-refractivity contribution in [1.29, 1.82) is 0 Å². The van der Waals surface area contributed by atoms with Gasteiger partial charge in [0.1, 0.15) is 0 Å². The van der Waals surface area contributed by atoms with E-state index in [9.17, 15) is 0 Å². The number of aryl methyl sites for hydroxylation is 1. The van der Waals surface area contributed by atoms with Crippen molar-refractivity contribution in [3.63, 3.8) is 0 Å². The maximum absolute atomic E-state index is 4.24. The lowest BCUT2D eigenvalue weighted by atomic mass is 10.1. The minimum absolute atomic E-state index is 0. The Hall–Kier alpha value is -0.820. The van der Waals surface area contributed by atoms with Gasteiger partial charge in [-0.25, -0.2) is 0 Å². The summed E-state index contributed by atoms with van der Waals surface area (Å²) in [5, 5.41) is 6.67. The van der Waals surface area contributed by atoms with E-state index < -0.39 is 0 Å². The van der Waals surface area contributed by atoms with E-state index in [2.05, 4.69) is 72.6 Å². The van der Waals surface area contributed by atoms with Gasteiger partial charge in [-0.3, -0.25) is 4.99 Å². The van der Waals surface area contributed by atoms with Gasteiger partial charge in [0, 0.05) is 32.7 Å². The Bertz CT molecular complexity index is 432. The van der Waals surface area contributed by atoms with Gasteiger partial charge in [0.15, 0.2) is 5.96 Å². The predicted molar refractivity (Wildman–Crippen MR) is 103 cm³/mol. The molecule has 4 nitrogen and oxygen atoms in total. The number of likely N-dealkylation sites (N-methyl/N-ethyl adjacent to an activating group) is 1. The molecule has 1 aromatic carbocycles. The van der Waals surface area contributed by atoms with E-state index >= 15 is 0 Å². The smallest absolute Gasteiger partial charge is 0.191 e. The van der Waals surface area contributed by atoms with E-state index in [4.69, 9.17) is 0 Å². The largest absolute Gasteiger partial charge is 0.355 e. The molecule has 2 N–H and O–H groups in total. The molecule has 0 amide bonds. The number of benzene rings is 1. The van der Waals surface area contributed by atoms with E-state index in [0.717, 1.165) is 25.6 Å². The molecule has 0 saturated carbocycles. The summed E-state index contributed by atoms with van der Waals surface area (Å²) < 4.78 is 0. The van der Waals surface area contributed by atoms with Crippen LogP contribution in [0, 0.1) is 6.92 Å². The highest BCUT2D eigenvalue weighted by molar-refractivity contribution is 14.0. The van der Waals surface area contributed by atoms with Crippen LogP contribution in [0.3, 0.4) is 0 Å². The maximum Gasteiger partial charge on any atom is 0.191 e. The van der Waals surface area contributed by atoms with Crippen LogP contribution in [0.25, 0.3) is 0 Å². The molecule has 0 spiro atoms. The third-order valence-electron chi connectivity index (χ3n) is 3.40. The van der Waals surface area contributed by atoms with Gasteiger partial charge in [0.2, 0.25) is 0 Å². The highest BCUT2D eigenvalue weighted by Crippen LogP contribution is 2.02. The molecule has 0 aliphatic carbocycles. The first-order valence-electron chi connectivity index (χ1n) is 7.23. The molecule has 0 aliphatic rings. The molecular weight excluding hydrogens is 375 g/mol. The van der Waals surface area contributed by atoms with Crippen molar-refractivity contribution in [2.75, 3.05) is 27.2 Å². The van der Waals surface area contributed by atoms with Crippen molar-refractivity contribution in [2.45, 2.75) is 33.4 Å². The van der Waals surface area contributed by atoms with E-state index in [1.165, 1.54) is 11.1 Å². The van der Waals surface area contributed by atoms with Crippen LogP contribution < -0.4 is 10.6 Å². The van der Waals surface area contributed by atoms with Gasteiger partial charge in [-0.1, -0.05) is 29.8 Å². The molecular formula is C16H29IN4. The highest BCUT2D eigenvalue weighted by Gasteiger charge is 2.03. The molecule has 0 unspecified atom stereocenters. The summed E-state index contributed by atoms with van der Waals surface area (Å²) in [6.45, 7) is 9.19. The Morgan fingerprint density at radius 2 is 2.00 bits per heavy atom. The van der Waals surface area contributed by atoms with Crippen molar-refractivity contribution in [1.82, 2.24) is 15.5 Å². The minimum Gasteiger partial charge on any atom is -0.355 e. The Morgan fingerprint density at radius 3 is 2.57 bits per heavy atom. The molecule has 0 bridgehead atoms. The van der Waals surface area contributed by atoms with Crippen LogP contribution >= 0.6 is 24.0 Å². The first-order valence-corrected chi connectivity index (χ1v) is 7.23. The number of halogens is 1. The predicted octanol–water partition coefficient (Wildman–Crippen LogP) is 2.62. The Kier molecular flexibility index (Phi) is 10.4.